The highest BCUT2D eigenvalue weighted by Crippen LogP contribution is 2.35. The number of nitrogens with one attached hydrogen (secondary N) is 2. The monoisotopic (exact) mass is 373 g/mol. The van der Waals surface area contributed by atoms with E-state index in [1.54, 1.807) is 35.2 Å². The van der Waals surface area contributed by atoms with Crippen molar-refractivity contribution in [2.24, 2.45) is 5.92 Å². The molecule has 0 radical (unpaired) electrons. The lowest BCUT2D eigenvalue weighted by Crippen LogP contribution is -2.49. The van der Waals surface area contributed by atoms with Gasteiger partial charge >= 0.3 is 0 Å². The highest BCUT2D eigenvalue weighted by molar-refractivity contribution is 5.82. The Labute approximate surface area is 156 Å². The molecule has 0 saturated carbocycles. The summed E-state index contributed by atoms with van der Waals surface area (Å²) < 4.78 is 26.9. The normalized spacial score (nSPS) is 25.9. The molecular weight excluding hydrogens is 352 g/mol. The zero-order valence-electron chi connectivity index (χ0n) is 14.6. The first-order chi connectivity index (χ1) is 13.0. The maximum atomic E-state index is 13.6. The van der Waals surface area contributed by atoms with Gasteiger partial charge in [-0.1, -0.05) is 36.4 Å². The molecule has 0 spiro atoms. The van der Waals surface area contributed by atoms with Crippen LogP contribution in [0.25, 0.3) is 0 Å². The number of carbonyl (C=O) groups is 1. The number of hydrazine groups is 1. The second-order valence-corrected chi connectivity index (χ2v) is 7.10. The van der Waals surface area contributed by atoms with Gasteiger partial charge in [0.15, 0.2) is 17.7 Å². The summed E-state index contributed by atoms with van der Waals surface area (Å²) in [5.74, 6) is -2.11. The third kappa shape index (κ3) is 3.45. The van der Waals surface area contributed by atoms with Gasteiger partial charge in [-0.2, -0.15) is 0 Å². The van der Waals surface area contributed by atoms with E-state index in [9.17, 15) is 18.7 Å². The molecule has 2 aromatic rings. The van der Waals surface area contributed by atoms with E-state index in [-0.39, 0.29) is 23.9 Å². The number of nitrogens with zero attached hydrogens (tertiary/aromatic N) is 1. The standard InChI is InChI=1S/C20H21F2N3O2/c21-15-7-6-13(10-16(15)22)18-14-11-25(9-8-17(14)23-24-18)20(27)19(26)12-4-2-1-3-5-12/h1-7,10,14,17-19,23-24,26H,8-9,11H2/t14?,17?,18?,19-/m1/s1. The number of aliphatic hydroxyl groups excluding tert-OH is 1. The Morgan fingerprint density at radius 1 is 1.11 bits per heavy atom. The second kappa shape index (κ2) is 7.34. The Morgan fingerprint density at radius 3 is 2.63 bits per heavy atom. The van der Waals surface area contributed by atoms with Gasteiger partial charge < -0.3 is 10.0 Å². The molecule has 2 fully saturated rings. The zero-order chi connectivity index (χ0) is 19.0. The molecule has 142 valence electrons. The fraction of sp³-hybridized carbons (Fsp3) is 0.350. The first kappa shape index (κ1) is 18.0. The fourth-order valence-electron chi connectivity index (χ4n) is 3.99. The Hall–Kier alpha value is -2.35. The number of rotatable bonds is 3. The van der Waals surface area contributed by atoms with Crippen LogP contribution in [-0.2, 0) is 4.79 Å². The van der Waals surface area contributed by atoms with E-state index in [1.807, 2.05) is 6.07 Å². The van der Waals surface area contributed by atoms with Crippen LogP contribution in [0.2, 0.25) is 0 Å². The van der Waals surface area contributed by atoms with Gasteiger partial charge in [-0.05, 0) is 29.7 Å². The summed E-state index contributed by atoms with van der Waals surface area (Å²) in [5.41, 5.74) is 7.53. The van der Waals surface area contributed by atoms with Gasteiger partial charge in [0, 0.05) is 25.0 Å². The van der Waals surface area contributed by atoms with Crippen molar-refractivity contribution in [3.63, 3.8) is 0 Å². The van der Waals surface area contributed by atoms with Crippen molar-refractivity contribution < 1.29 is 18.7 Å². The van der Waals surface area contributed by atoms with Gasteiger partial charge in [0.2, 0.25) is 0 Å². The number of carbonyl (C=O) groups excluding carboxylic acids is 1. The molecule has 0 aromatic heterocycles. The number of piperidine rings is 1. The first-order valence-electron chi connectivity index (χ1n) is 9.02. The van der Waals surface area contributed by atoms with Crippen LogP contribution in [0.3, 0.4) is 0 Å². The zero-order valence-corrected chi connectivity index (χ0v) is 14.6. The number of hydrogen-bond acceptors (Lipinski definition) is 4. The van der Waals surface area contributed by atoms with Gasteiger partial charge in [-0.3, -0.25) is 10.2 Å². The molecule has 3 N–H and O–H groups in total. The molecule has 5 nitrogen and oxygen atoms in total. The Balaban J connectivity index is 1.51. The van der Waals surface area contributed by atoms with Crippen molar-refractivity contribution in [2.75, 3.05) is 13.1 Å². The number of likely N-dealkylation sites (tertiary alicyclic amines) is 1. The summed E-state index contributed by atoms with van der Waals surface area (Å²) in [4.78, 5) is 14.4. The number of hydrogen-bond donors (Lipinski definition) is 3. The van der Waals surface area contributed by atoms with Crippen LogP contribution in [0.5, 0.6) is 0 Å². The van der Waals surface area contributed by atoms with Crippen molar-refractivity contribution in [1.29, 1.82) is 0 Å². The van der Waals surface area contributed by atoms with Gasteiger partial charge in [0.05, 0.1) is 6.04 Å². The molecule has 4 rings (SSSR count). The predicted octanol–water partition coefficient (Wildman–Crippen LogP) is 2.06. The molecule has 0 bridgehead atoms. The molecule has 2 aromatic carbocycles. The smallest absolute Gasteiger partial charge is 0.256 e. The van der Waals surface area contributed by atoms with Gasteiger partial charge in [-0.15, -0.1) is 0 Å². The van der Waals surface area contributed by atoms with Gasteiger partial charge in [-0.25, -0.2) is 14.2 Å². The van der Waals surface area contributed by atoms with Gasteiger partial charge in [0.1, 0.15) is 0 Å². The highest BCUT2D eigenvalue weighted by Gasteiger charge is 2.42. The van der Waals surface area contributed by atoms with Crippen molar-refractivity contribution in [3.05, 3.63) is 71.3 Å². The largest absolute Gasteiger partial charge is 0.378 e. The van der Waals surface area contributed by atoms with Crippen LogP contribution in [-0.4, -0.2) is 35.0 Å². The number of fused-ring (bicyclic) bond motifs is 1. The van der Waals surface area contributed by atoms with E-state index < -0.39 is 17.7 Å². The van der Waals surface area contributed by atoms with Crippen LogP contribution < -0.4 is 10.9 Å². The van der Waals surface area contributed by atoms with Crippen molar-refractivity contribution in [1.82, 2.24) is 15.8 Å². The van der Waals surface area contributed by atoms with E-state index in [2.05, 4.69) is 10.9 Å². The first-order valence-corrected chi connectivity index (χ1v) is 9.02. The molecule has 2 aliphatic rings. The molecule has 27 heavy (non-hydrogen) atoms. The number of aliphatic hydroxyl groups is 1. The maximum Gasteiger partial charge on any atom is 0.256 e. The minimum Gasteiger partial charge on any atom is -0.378 e. The lowest BCUT2D eigenvalue weighted by molar-refractivity contribution is -0.142. The van der Waals surface area contributed by atoms with Crippen LogP contribution >= 0.6 is 0 Å². The summed E-state index contributed by atoms with van der Waals surface area (Å²) in [6.45, 7) is 0.958. The lowest BCUT2D eigenvalue weighted by atomic mass is 9.84. The average molecular weight is 373 g/mol. The van der Waals surface area contributed by atoms with E-state index in [1.165, 1.54) is 6.07 Å². The van der Waals surface area contributed by atoms with Crippen LogP contribution in [0, 0.1) is 17.6 Å². The highest BCUT2D eigenvalue weighted by atomic mass is 19.2. The molecule has 0 aliphatic carbocycles. The molecule has 4 atom stereocenters. The maximum absolute atomic E-state index is 13.6. The molecule has 2 saturated heterocycles. The topological polar surface area (TPSA) is 64.6 Å². The lowest BCUT2D eigenvalue weighted by Gasteiger charge is -2.37. The van der Waals surface area contributed by atoms with Crippen molar-refractivity contribution >= 4 is 5.91 Å². The molecule has 2 aliphatic heterocycles. The number of benzene rings is 2. The Bertz CT molecular complexity index is 833. The van der Waals surface area contributed by atoms with E-state index >= 15 is 0 Å². The van der Waals surface area contributed by atoms with Crippen LogP contribution in [0.4, 0.5) is 8.78 Å². The summed E-state index contributed by atoms with van der Waals surface area (Å²) >= 11 is 0. The molecule has 3 unspecified atom stereocenters. The van der Waals surface area contributed by atoms with E-state index in [0.717, 1.165) is 6.07 Å². The SMILES string of the molecule is O=C([C@H](O)c1ccccc1)N1CCC2NNC(c3ccc(F)c(F)c3)C2C1. The molecule has 2 heterocycles. The average Bonchev–Trinajstić information content (AvgIpc) is 3.13. The second-order valence-electron chi connectivity index (χ2n) is 7.10. The summed E-state index contributed by atoms with van der Waals surface area (Å²) in [5, 5.41) is 10.4. The van der Waals surface area contributed by atoms with Gasteiger partial charge in [0.25, 0.3) is 5.91 Å². The summed E-state index contributed by atoms with van der Waals surface area (Å²) in [6.07, 6.45) is -0.489. The quantitative estimate of drug-likeness (QED) is 0.771. The molecule has 1 amide bonds. The number of halogens is 2. The minimum atomic E-state index is -1.20. The Kier molecular flexibility index (Phi) is 4.90. The molecule has 7 heteroatoms. The molecular formula is C20H21F2N3O2. The van der Waals surface area contributed by atoms with E-state index in [0.29, 0.717) is 30.6 Å². The van der Waals surface area contributed by atoms with Crippen LogP contribution in [0.1, 0.15) is 29.7 Å². The van der Waals surface area contributed by atoms with Crippen LogP contribution in [0.15, 0.2) is 48.5 Å². The predicted molar refractivity (Wildman–Crippen MR) is 95.2 cm³/mol. The number of amides is 1. The van der Waals surface area contributed by atoms with E-state index in [4.69, 9.17) is 0 Å². The third-order valence-corrected chi connectivity index (χ3v) is 5.47. The minimum absolute atomic E-state index is 0.00413. The van der Waals surface area contributed by atoms with Crippen molar-refractivity contribution in [3.8, 4) is 0 Å². The summed E-state index contributed by atoms with van der Waals surface area (Å²) in [7, 11) is 0. The summed E-state index contributed by atoms with van der Waals surface area (Å²) in [6, 6.07) is 12.6. The Morgan fingerprint density at radius 2 is 1.89 bits per heavy atom. The third-order valence-electron chi connectivity index (χ3n) is 5.47. The van der Waals surface area contributed by atoms with Crippen molar-refractivity contribution in [2.45, 2.75) is 24.6 Å². The fourth-order valence-corrected chi connectivity index (χ4v) is 3.99.